The average molecular weight is 301 g/mol. The summed E-state index contributed by atoms with van der Waals surface area (Å²) in [5.74, 6) is -0.161. The van der Waals surface area contributed by atoms with Crippen LogP contribution in [0.3, 0.4) is 0 Å². The van der Waals surface area contributed by atoms with Crippen LogP contribution in [0.15, 0.2) is 60.8 Å². The molecule has 4 nitrogen and oxygen atoms in total. The second-order valence-electron chi connectivity index (χ2n) is 5.31. The molecular formula is C19H15N3O. The number of hydrogen-bond acceptors (Lipinski definition) is 3. The number of carbonyl (C=O) groups is 1. The summed E-state index contributed by atoms with van der Waals surface area (Å²) in [5, 5.41) is 12.8. The highest BCUT2D eigenvalue weighted by Crippen LogP contribution is 2.18. The summed E-state index contributed by atoms with van der Waals surface area (Å²) in [5.41, 5.74) is 2.80. The first-order valence-electron chi connectivity index (χ1n) is 7.33. The maximum absolute atomic E-state index is 12.6. The quantitative estimate of drug-likeness (QED) is 0.804. The van der Waals surface area contributed by atoms with E-state index in [1.807, 2.05) is 43.3 Å². The molecule has 0 radical (unpaired) electrons. The number of hydrogen-bond donors (Lipinski definition) is 1. The van der Waals surface area contributed by atoms with Crippen molar-refractivity contribution in [2.75, 3.05) is 0 Å². The van der Waals surface area contributed by atoms with Crippen molar-refractivity contribution in [2.45, 2.75) is 13.0 Å². The van der Waals surface area contributed by atoms with Gasteiger partial charge < -0.3 is 5.32 Å². The Balaban J connectivity index is 1.84. The fraction of sp³-hybridized carbons (Fsp3) is 0.105. The van der Waals surface area contributed by atoms with Crippen molar-refractivity contribution in [3.05, 3.63) is 77.5 Å². The fourth-order valence-electron chi connectivity index (χ4n) is 2.49. The molecule has 2 aromatic carbocycles. The number of amides is 1. The largest absolute Gasteiger partial charge is 0.345 e. The standard InChI is InChI=1S/C19H15N3O/c1-13(15-9-7-14(12-20)8-10-15)22-19(23)17-6-2-4-16-5-3-11-21-18(16)17/h2-11,13H,1H3,(H,22,23). The van der Waals surface area contributed by atoms with Gasteiger partial charge in [0.25, 0.3) is 5.91 Å². The Labute approximate surface area is 134 Å². The monoisotopic (exact) mass is 301 g/mol. The topological polar surface area (TPSA) is 65.8 Å². The summed E-state index contributed by atoms with van der Waals surface area (Å²) in [7, 11) is 0. The lowest BCUT2D eigenvalue weighted by molar-refractivity contribution is 0.0941. The van der Waals surface area contributed by atoms with Gasteiger partial charge in [0.05, 0.1) is 28.8 Å². The third-order valence-corrected chi connectivity index (χ3v) is 3.76. The minimum Gasteiger partial charge on any atom is -0.345 e. The summed E-state index contributed by atoms with van der Waals surface area (Å²) in [6.45, 7) is 1.91. The maximum Gasteiger partial charge on any atom is 0.253 e. The molecule has 0 spiro atoms. The van der Waals surface area contributed by atoms with Gasteiger partial charge in [0.1, 0.15) is 0 Å². The van der Waals surface area contributed by atoms with Gasteiger partial charge in [-0.15, -0.1) is 0 Å². The fourth-order valence-corrected chi connectivity index (χ4v) is 2.49. The predicted molar refractivity (Wildman–Crippen MR) is 88.8 cm³/mol. The van der Waals surface area contributed by atoms with Crippen molar-refractivity contribution in [2.24, 2.45) is 0 Å². The van der Waals surface area contributed by atoms with Gasteiger partial charge in [-0.2, -0.15) is 5.26 Å². The van der Waals surface area contributed by atoms with Gasteiger partial charge in [-0.1, -0.05) is 30.3 Å². The first-order valence-corrected chi connectivity index (χ1v) is 7.33. The van der Waals surface area contributed by atoms with Gasteiger partial charge in [-0.05, 0) is 36.8 Å². The number of carbonyl (C=O) groups excluding carboxylic acids is 1. The lowest BCUT2D eigenvalue weighted by Gasteiger charge is -2.15. The number of fused-ring (bicyclic) bond motifs is 1. The summed E-state index contributed by atoms with van der Waals surface area (Å²) < 4.78 is 0. The molecule has 3 aromatic rings. The zero-order valence-electron chi connectivity index (χ0n) is 12.7. The minimum absolute atomic E-state index is 0.158. The number of nitrogens with one attached hydrogen (secondary N) is 1. The molecule has 1 unspecified atom stereocenters. The number of para-hydroxylation sites is 1. The zero-order valence-corrected chi connectivity index (χ0v) is 12.7. The van der Waals surface area contributed by atoms with E-state index < -0.39 is 0 Å². The molecular weight excluding hydrogens is 286 g/mol. The van der Waals surface area contributed by atoms with Crippen LogP contribution < -0.4 is 5.32 Å². The van der Waals surface area contributed by atoms with E-state index in [1.165, 1.54) is 0 Å². The Morgan fingerprint density at radius 2 is 1.87 bits per heavy atom. The highest BCUT2D eigenvalue weighted by molar-refractivity contribution is 6.05. The summed E-state index contributed by atoms with van der Waals surface area (Å²) in [6, 6.07) is 18.5. The van der Waals surface area contributed by atoms with Gasteiger partial charge in [0, 0.05) is 11.6 Å². The van der Waals surface area contributed by atoms with Gasteiger partial charge in [0.2, 0.25) is 0 Å². The van der Waals surface area contributed by atoms with Crippen molar-refractivity contribution in [3.63, 3.8) is 0 Å². The maximum atomic E-state index is 12.6. The van der Waals surface area contributed by atoms with Gasteiger partial charge >= 0.3 is 0 Å². The lowest BCUT2D eigenvalue weighted by atomic mass is 10.0. The Morgan fingerprint density at radius 3 is 2.61 bits per heavy atom. The number of nitrogens with zero attached hydrogens (tertiary/aromatic N) is 2. The van der Waals surface area contributed by atoms with E-state index >= 15 is 0 Å². The van der Waals surface area contributed by atoms with E-state index in [0.29, 0.717) is 16.6 Å². The van der Waals surface area contributed by atoms with Crippen LogP contribution in [0.1, 0.15) is 34.5 Å². The van der Waals surface area contributed by atoms with E-state index in [2.05, 4.69) is 16.4 Å². The number of aromatic nitrogens is 1. The van der Waals surface area contributed by atoms with E-state index in [0.717, 1.165) is 10.9 Å². The molecule has 0 aliphatic rings. The summed E-state index contributed by atoms with van der Waals surface area (Å²) >= 11 is 0. The van der Waals surface area contributed by atoms with E-state index in [9.17, 15) is 4.79 Å². The Kier molecular flexibility index (Phi) is 4.03. The van der Waals surface area contributed by atoms with Crippen molar-refractivity contribution < 1.29 is 4.79 Å². The molecule has 0 saturated heterocycles. The molecule has 1 heterocycles. The van der Waals surface area contributed by atoms with Crippen LogP contribution in [-0.2, 0) is 0 Å². The van der Waals surface area contributed by atoms with Crippen LogP contribution in [0.4, 0.5) is 0 Å². The van der Waals surface area contributed by atoms with E-state index in [1.54, 1.807) is 24.4 Å². The number of benzene rings is 2. The smallest absolute Gasteiger partial charge is 0.253 e. The van der Waals surface area contributed by atoms with Crippen molar-refractivity contribution >= 4 is 16.8 Å². The molecule has 4 heteroatoms. The number of pyridine rings is 1. The molecule has 112 valence electrons. The van der Waals surface area contributed by atoms with Crippen LogP contribution in [0, 0.1) is 11.3 Å². The summed E-state index contributed by atoms with van der Waals surface area (Å²) in [6.07, 6.45) is 1.68. The molecule has 0 aliphatic heterocycles. The van der Waals surface area contributed by atoms with Gasteiger partial charge in [0.15, 0.2) is 0 Å². The summed E-state index contributed by atoms with van der Waals surface area (Å²) in [4.78, 5) is 16.9. The van der Waals surface area contributed by atoms with Crippen molar-refractivity contribution in [1.29, 1.82) is 5.26 Å². The molecule has 1 atom stereocenters. The Morgan fingerprint density at radius 1 is 1.13 bits per heavy atom. The molecule has 1 amide bonds. The van der Waals surface area contributed by atoms with Crippen LogP contribution in [0.5, 0.6) is 0 Å². The third kappa shape index (κ3) is 3.04. The first-order chi connectivity index (χ1) is 11.2. The number of rotatable bonds is 3. The molecule has 0 fully saturated rings. The minimum atomic E-state index is -0.161. The van der Waals surface area contributed by atoms with Crippen LogP contribution in [0.2, 0.25) is 0 Å². The Bertz CT molecular complexity index is 889. The average Bonchev–Trinajstić information content (AvgIpc) is 2.61. The first kappa shape index (κ1) is 14.7. The normalized spacial score (nSPS) is 11.7. The zero-order chi connectivity index (χ0) is 16.2. The molecule has 1 N–H and O–H groups in total. The van der Waals surface area contributed by atoms with Crippen LogP contribution in [0.25, 0.3) is 10.9 Å². The highest BCUT2D eigenvalue weighted by Gasteiger charge is 2.14. The second-order valence-corrected chi connectivity index (χ2v) is 5.31. The molecule has 0 saturated carbocycles. The highest BCUT2D eigenvalue weighted by atomic mass is 16.1. The van der Waals surface area contributed by atoms with Crippen LogP contribution in [-0.4, -0.2) is 10.9 Å². The van der Waals surface area contributed by atoms with Gasteiger partial charge in [-0.25, -0.2) is 0 Å². The molecule has 0 bridgehead atoms. The SMILES string of the molecule is CC(NC(=O)c1cccc2cccnc12)c1ccc(C#N)cc1. The van der Waals surface area contributed by atoms with E-state index in [-0.39, 0.29) is 11.9 Å². The molecule has 0 aliphatic carbocycles. The predicted octanol–water partition coefficient (Wildman–Crippen LogP) is 3.60. The Hall–Kier alpha value is -3.19. The second kappa shape index (κ2) is 6.29. The number of nitriles is 1. The van der Waals surface area contributed by atoms with Gasteiger partial charge in [-0.3, -0.25) is 9.78 Å². The van der Waals surface area contributed by atoms with Crippen molar-refractivity contribution in [1.82, 2.24) is 10.3 Å². The molecule has 1 aromatic heterocycles. The lowest BCUT2D eigenvalue weighted by Crippen LogP contribution is -2.26. The van der Waals surface area contributed by atoms with Crippen LogP contribution >= 0.6 is 0 Å². The third-order valence-electron chi connectivity index (χ3n) is 3.76. The van der Waals surface area contributed by atoms with E-state index in [4.69, 9.17) is 5.26 Å². The molecule has 3 rings (SSSR count). The molecule has 23 heavy (non-hydrogen) atoms. The van der Waals surface area contributed by atoms with Crippen molar-refractivity contribution in [3.8, 4) is 6.07 Å².